The summed E-state index contributed by atoms with van der Waals surface area (Å²) in [5, 5.41) is 3.47. The minimum Gasteiger partial charge on any atom is -0.314 e. The number of aryl methyl sites for hydroxylation is 2. The standard InChI is InChI=1S/C20H26N2S/c1-15-12-16(2)14-18(13-15)20(22-10-8-21-9-11-22)17-4-6-19(23-3)7-5-17/h4-7,12-14,20-21H,8-11H2,1-3H3. The van der Waals surface area contributed by atoms with Gasteiger partial charge in [-0.3, -0.25) is 4.90 Å². The summed E-state index contributed by atoms with van der Waals surface area (Å²) in [7, 11) is 0. The first kappa shape index (κ1) is 16.6. The number of benzene rings is 2. The molecule has 0 spiro atoms. The van der Waals surface area contributed by atoms with Crippen molar-refractivity contribution in [3.63, 3.8) is 0 Å². The van der Waals surface area contributed by atoms with E-state index in [2.05, 4.69) is 72.8 Å². The van der Waals surface area contributed by atoms with Crippen LogP contribution >= 0.6 is 11.8 Å². The van der Waals surface area contributed by atoms with Gasteiger partial charge in [0, 0.05) is 31.1 Å². The molecule has 1 aliphatic rings. The summed E-state index contributed by atoms with van der Waals surface area (Å²) in [6.07, 6.45) is 2.13. The van der Waals surface area contributed by atoms with Gasteiger partial charge < -0.3 is 5.32 Å². The minimum absolute atomic E-state index is 0.353. The maximum atomic E-state index is 3.47. The molecule has 0 radical (unpaired) electrons. The van der Waals surface area contributed by atoms with Gasteiger partial charge in [0.05, 0.1) is 6.04 Å². The lowest BCUT2D eigenvalue weighted by molar-refractivity contribution is 0.198. The van der Waals surface area contributed by atoms with Crippen LogP contribution in [0.3, 0.4) is 0 Å². The van der Waals surface area contributed by atoms with Crippen molar-refractivity contribution in [2.24, 2.45) is 0 Å². The molecule has 2 aromatic rings. The molecule has 1 heterocycles. The maximum absolute atomic E-state index is 3.47. The lowest BCUT2D eigenvalue weighted by Gasteiger charge is -2.36. The minimum atomic E-state index is 0.353. The molecule has 0 aromatic heterocycles. The number of hydrogen-bond donors (Lipinski definition) is 1. The predicted molar refractivity (Wildman–Crippen MR) is 100 cm³/mol. The van der Waals surface area contributed by atoms with E-state index in [9.17, 15) is 0 Å². The monoisotopic (exact) mass is 326 g/mol. The Balaban J connectivity index is 2.01. The van der Waals surface area contributed by atoms with Crippen LogP contribution in [0.5, 0.6) is 0 Å². The zero-order valence-electron chi connectivity index (χ0n) is 14.3. The summed E-state index contributed by atoms with van der Waals surface area (Å²) < 4.78 is 0. The molecule has 1 saturated heterocycles. The second-order valence-corrected chi connectivity index (χ2v) is 7.26. The molecule has 1 N–H and O–H groups in total. The molecule has 23 heavy (non-hydrogen) atoms. The second-order valence-electron chi connectivity index (χ2n) is 6.38. The SMILES string of the molecule is CSc1ccc(C(c2cc(C)cc(C)c2)N2CCNCC2)cc1. The topological polar surface area (TPSA) is 15.3 Å². The molecule has 1 fully saturated rings. The summed E-state index contributed by atoms with van der Waals surface area (Å²) in [6, 6.07) is 16.4. The van der Waals surface area contributed by atoms with Crippen LogP contribution < -0.4 is 5.32 Å². The van der Waals surface area contributed by atoms with E-state index in [1.807, 2.05) is 0 Å². The first-order valence-corrected chi connectivity index (χ1v) is 9.57. The third-order valence-corrected chi connectivity index (χ3v) is 5.25. The Morgan fingerprint density at radius 2 is 1.52 bits per heavy atom. The quantitative estimate of drug-likeness (QED) is 0.854. The maximum Gasteiger partial charge on any atom is 0.0602 e. The van der Waals surface area contributed by atoms with Crippen LogP contribution in [0.25, 0.3) is 0 Å². The average molecular weight is 327 g/mol. The van der Waals surface area contributed by atoms with Gasteiger partial charge in [0.15, 0.2) is 0 Å². The van der Waals surface area contributed by atoms with Crippen molar-refractivity contribution in [1.82, 2.24) is 10.2 Å². The Kier molecular flexibility index (Phi) is 5.42. The second kappa shape index (κ2) is 7.52. The molecule has 1 aliphatic heterocycles. The van der Waals surface area contributed by atoms with Crippen LogP contribution in [0.15, 0.2) is 47.4 Å². The molecule has 1 atom stereocenters. The highest BCUT2D eigenvalue weighted by atomic mass is 32.2. The molecule has 2 nitrogen and oxygen atoms in total. The van der Waals surface area contributed by atoms with Crippen molar-refractivity contribution in [1.29, 1.82) is 0 Å². The van der Waals surface area contributed by atoms with Gasteiger partial charge in [-0.2, -0.15) is 0 Å². The van der Waals surface area contributed by atoms with E-state index in [0.29, 0.717) is 6.04 Å². The normalized spacial score (nSPS) is 17.2. The van der Waals surface area contributed by atoms with Crippen LogP contribution in [0.4, 0.5) is 0 Å². The van der Waals surface area contributed by atoms with Gasteiger partial charge in [-0.15, -0.1) is 11.8 Å². The Morgan fingerprint density at radius 1 is 0.913 bits per heavy atom. The van der Waals surface area contributed by atoms with E-state index < -0.39 is 0 Å². The summed E-state index contributed by atoms with van der Waals surface area (Å²) in [5.41, 5.74) is 5.51. The molecule has 122 valence electrons. The Labute approximate surface area is 144 Å². The van der Waals surface area contributed by atoms with Gasteiger partial charge in [0.2, 0.25) is 0 Å². The number of thioether (sulfide) groups is 1. The molecule has 3 heteroatoms. The molecule has 0 amide bonds. The average Bonchev–Trinajstić information content (AvgIpc) is 2.56. The summed E-state index contributed by atoms with van der Waals surface area (Å²) in [6.45, 7) is 8.74. The van der Waals surface area contributed by atoms with Crippen molar-refractivity contribution in [3.05, 3.63) is 64.7 Å². The third kappa shape index (κ3) is 3.97. The zero-order chi connectivity index (χ0) is 16.2. The highest BCUT2D eigenvalue weighted by molar-refractivity contribution is 7.98. The van der Waals surface area contributed by atoms with Crippen LogP contribution in [0.2, 0.25) is 0 Å². The van der Waals surface area contributed by atoms with Gasteiger partial charge in [0.1, 0.15) is 0 Å². The van der Waals surface area contributed by atoms with Gasteiger partial charge in [-0.25, -0.2) is 0 Å². The summed E-state index contributed by atoms with van der Waals surface area (Å²) in [4.78, 5) is 3.94. The third-order valence-electron chi connectivity index (χ3n) is 4.51. The molecule has 1 unspecified atom stereocenters. The molecular weight excluding hydrogens is 300 g/mol. The first-order valence-electron chi connectivity index (χ1n) is 8.34. The first-order chi connectivity index (χ1) is 11.2. The highest BCUT2D eigenvalue weighted by Crippen LogP contribution is 2.31. The Hall–Kier alpha value is -1.29. The molecular formula is C20H26N2S. The lowest BCUT2D eigenvalue weighted by atomic mass is 9.94. The molecule has 0 aliphatic carbocycles. The van der Waals surface area contributed by atoms with Crippen molar-refractivity contribution < 1.29 is 0 Å². The van der Waals surface area contributed by atoms with Gasteiger partial charge in [-0.1, -0.05) is 41.5 Å². The fourth-order valence-electron chi connectivity index (χ4n) is 3.51. The van der Waals surface area contributed by atoms with Crippen LogP contribution in [-0.4, -0.2) is 37.3 Å². The van der Waals surface area contributed by atoms with E-state index in [0.717, 1.165) is 26.2 Å². The van der Waals surface area contributed by atoms with Crippen molar-refractivity contribution in [3.8, 4) is 0 Å². The fraction of sp³-hybridized carbons (Fsp3) is 0.400. The van der Waals surface area contributed by atoms with E-state index in [-0.39, 0.29) is 0 Å². The number of hydrogen-bond acceptors (Lipinski definition) is 3. The highest BCUT2D eigenvalue weighted by Gasteiger charge is 2.24. The Bertz CT molecular complexity index is 625. The van der Waals surface area contributed by atoms with Gasteiger partial charge in [0.25, 0.3) is 0 Å². The number of nitrogens with zero attached hydrogens (tertiary/aromatic N) is 1. The van der Waals surface area contributed by atoms with Crippen molar-refractivity contribution >= 4 is 11.8 Å². The van der Waals surface area contributed by atoms with Crippen LogP contribution in [-0.2, 0) is 0 Å². The Morgan fingerprint density at radius 3 is 2.09 bits per heavy atom. The molecule has 3 rings (SSSR count). The largest absolute Gasteiger partial charge is 0.314 e. The number of rotatable bonds is 4. The van der Waals surface area contributed by atoms with Gasteiger partial charge in [-0.05, 0) is 43.4 Å². The van der Waals surface area contributed by atoms with Crippen molar-refractivity contribution in [2.45, 2.75) is 24.8 Å². The molecule has 0 bridgehead atoms. The van der Waals surface area contributed by atoms with E-state index >= 15 is 0 Å². The van der Waals surface area contributed by atoms with E-state index in [4.69, 9.17) is 0 Å². The zero-order valence-corrected chi connectivity index (χ0v) is 15.1. The fourth-order valence-corrected chi connectivity index (χ4v) is 3.92. The summed E-state index contributed by atoms with van der Waals surface area (Å²) >= 11 is 1.80. The number of nitrogens with one attached hydrogen (secondary N) is 1. The van der Waals surface area contributed by atoms with Crippen LogP contribution in [0.1, 0.15) is 28.3 Å². The lowest BCUT2D eigenvalue weighted by Crippen LogP contribution is -2.45. The van der Waals surface area contributed by atoms with Crippen molar-refractivity contribution in [2.75, 3.05) is 32.4 Å². The number of piperazine rings is 1. The van der Waals surface area contributed by atoms with Crippen LogP contribution in [0, 0.1) is 13.8 Å². The smallest absolute Gasteiger partial charge is 0.0602 e. The van der Waals surface area contributed by atoms with Gasteiger partial charge >= 0.3 is 0 Å². The van der Waals surface area contributed by atoms with E-state index in [1.165, 1.54) is 27.1 Å². The predicted octanol–water partition coefficient (Wildman–Crippen LogP) is 4.02. The molecule has 0 saturated carbocycles. The summed E-state index contributed by atoms with van der Waals surface area (Å²) in [5.74, 6) is 0. The molecule has 2 aromatic carbocycles. The van der Waals surface area contributed by atoms with E-state index in [1.54, 1.807) is 11.8 Å².